The van der Waals surface area contributed by atoms with E-state index in [9.17, 15) is 39.6 Å². The van der Waals surface area contributed by atoms with E-state index in [-0.39, 0.29) is 17.7 Å². The first-order chi connectivity index (χ1) is 14.1. The molecule has 0 aliphatic rings. The van der Waals surface area contributed by atoms with E-state index >= 15 is 0 Å². The van der Waals surface area contributed by atoms with E-state index in [1.807, 2.05) is 0 Å². The number of hydrogen-bond acceptors (Lipinski definition) is 5. The van der Waals surface area contributed by atoms with Crippen molar-refractivity contribution in [2.45, 2.75) is 23.9 Å². The Bertz CT molecular complexity index is 885. The van der Waals surface area contributed by atoms with E-state index in [4.69, 9.17) is 4.74 Å². The number of alkyl halides is 6. The number of hydrogen-bond donors (Lipinski definition) is 1. The van der Waals surface area contributed by atoms with Crippen LogP contribution in [-0.2, 0) is 26.0 Å². The third kappa shape index (κ3) is 9.87. The summed E-state index contributed by atoms with van der Waals surface area (Å²) in [5.41, 5.74) is 0.208. The summed E-state index contributed by atoms with van der Waals surface area (Å²) in [6, 6.07) is 3.45. The summed E-state index contributed by atoms with van der Waals surface area (Å²) < 4.78 is 110. The van der Waals surface area contributed by atoms with Crippen LogP contribution in [0.15, 0.2) is 27.5 Å². The van der Waals surface area contributed by atoms with Gasteiger partial charge in [0.1, 0.15) is 23.6 Å². The lowest BCUT2D eigenvalue weighted by Crippen LogP contribution is -2.37. The van der Waals surface area contributed by atoms with Gasteiger partial charge in [0.2, 0.25) is 0 Å². The van der Waals surface area contributed by atoms with Crippen molar-refractivity contribution in [3.8, 4) is 5.75 Å². The lowest BCUT2D eigenvalue weighted by atomic mass is 10.1. The number of ether oxygens (including phenoxy) is 2. The van der Waals surface area contributed by atoms with E-state index in [0.717, 1.165) is 18.5 Å². The van der Waals surface area contributed by atoms with Crippen LogP contribution in [0.4, 0.5) is 26.3 Å². The maximum Gasteiger partial charge on any atom is 0.522 e. The number of benzene rings is 1. The van der Waals surface area contributed by atoms with Crippen LogP contribution in [0.25, 0.3) is 0 Å². The van der Waals surface area contributed by atoms with Gasteiger partial charge in [0.15, 0.2) is 0 Å². The minimum Gasteiger partial charge on any atom is -0.490 e. The molecule has 0 fully saturated rings. The van der Waals surface area contributed by atoms with Crippen LogP contribution in [0.5, 0.6) is 5.75 Å². The zero-order valence-electron chi connectivity index (χ0n) is 16.2. The van der Waals surface area contributed by atoms with E-state index in [1.165, 1.54) is 25.1 Å². The molecule has 0 aliphatic carbocycles. The zero-order valence-corrected chi connectivity index (χ0v) is 17.1. The average Bonchev–Trinajstić information content (AvgIpc) is 2.62. The minimum atomic E-state index is -5.06. The van der Waals surface area contributed by atoms with Crippen molar-refractivity contribution < 1.29 is 49.0 Å². The highest BCUT2D eigenvalue weighted by Crippen LogP contribution is 2.27. The Labute approximate surface area is 173 Å². The second-order valence-electron chi connectivity index (χ2n) is 6.09. The molecular weight excluding hydrogens is 460 g/mol. The summed E-state index contributed by atoms with van der Waals surface area (Å²) in [6.07, 6.45) is -9.16. The van der Waals surface area contributed by atoms with Gasteiger partial charge in [-0.05, 0) is 24.1 Å². The number of rotatable bonds is 10. The Morgan fingerprint density at radius 1 is 1.16 bits per heavy atom. The molecule has 1 N–H and O–H groups in total. The van der Waals surface area contributed by atoms with Crippen LogP contribution in [-0.4, -0.2) is 72.0 Å². The fraction of sp³-hybridized carbons (Fsp3) is 0.500. The zero-order chi connectivity index (χ0) is 23.9. The molecule has 0 atom stereocenters. The molecule has 0 bridgehead atoms. The van der Waals surface area contributed by atoms with Crippen molar-refractivity contribution in [1.29, 1.82) is 0 Å². The largest absolute Gasteiger partial charge is 0.522 e. The summed E-state index contributed by atoms with van der Waals surface area (Å²) >= 11 is 0. The van der Waals surface area contributed by atoms with Gasteiger partial charge in [-0.3, -0.25) is 9.53 Å². The van der Waals surface area contributed by atoms with Gasteiger partial charge in [-0.1, -0.05) is 6.07 Å². The standard InChI is InChI=1S/C16H19F6N3O5S/c1-25(2)10-24-31(27,28)13-9-11(5-6-23-14(26)15(17,18)19)3-4-12(13)29-7-8-30-16(20,21)22/h3-4,9-10H,5-8H2,1-2H3,(H,23,26). The molecule has 8 nitrogen and oxygen atoms in total. The third-order valence-corrected chi connectivity index (χ3v) is 4.51. The Kier molecular flexibility index (Phi) is 9.10. The Morgan fingerprint density at radius 2 is 1.81 bits per heavy atom. The van der Waals surface area contributed by atoms with Crippen molar-refractivity contribution in [2.24, 2.45) is 4.40 Å². The number of amides is 1. The molecule has 0 spiro atoms. The van der Waals surface area contributed by atoms with Crippen LogP contribution in [0, 0.1) is 0 Å². The highest BCUT2D eigenvalue weighted by atomic mass is 32.2. The summed E-state index contributed by atoms with van der Waals surface area (Å²) in [5, 5.41) is 1.64. The van der Waals surface area contributed by atoms with Gasteiger partial charge >= 0.3 is 18.4 Å². The summed E-state index contributed by atoms with van der Waals surface area (Å²) in [6.45, 7) is -1.99. The molecule has 0 heterocycles. The monoisotopic (exact) mass is 479 g/mol. The van der Waals surface area contributed by atoms with Crippen LogP contribution < -0.4 is 10.1 Å². The molecule has 0 aliphatic heterocycles. The number of sulfonamides is 1. The lowest BCUT2D eigenvalue weighted by molar-refractivity contribution is -0.325. The van der Waals surface area contributed by atoms with Crippen molar-refractivity contribution in [2.75, 3.05) is 33.9 Å². The normalized spacial score (nSPS) is 12.8. The van der Waals surface area contributed by atoms with Gasteiger partial charge in [-0.25, -0.2) is 0 Å². The molecule has 1 amide bonds. The van der Waals surface area contributed by atoms with E-state index in [2.05, 4.69) is 9.13 Å². The predicted octanol–water partition coefficient (Wildman–Crippen LogP) is 2.10. The van der Waals surface area contributed by atoms with Crippen LogP contribution in [0.3, 0.4) is 0 Å². The maximum absolute atomic E-state index is 12.5. The van der Waals surface area contributed by atoms with Gasteiger partial charge < -0.3 is 15.0 Å². The number of carbonyl (C=O) groups is 1. The average molecular weight is 479 g/mol. The summed E-state index contributed by atoms with van der Waals surface area (Å²) in [5.74, 6) is -2.48. The topological polar surface area (TPSA) is 97.3 Å². The van der Waals surface area contributed by atoms with Gasteiger partial charge in [0.05, 0.1) is 6.61 Å². The first kappa shape index (κ1) is 26.5. The van der Waals surface area contributed by atoms with Gasteiger partial charge in [0.25, 0.3) is 10.0 Å². The molecule has 0 unspecified atom stereocenters. The summed E-state index contributed by atoms with van der Waals surface area (Å²) in [7, 11) is -1.38. The maximum atomic E-state index is 12.5. The number of halogens is 6. The molecule has 176 valence electrons. The second kappa shape index (κ2) is 10.7. The molecule has 15 heteroatoms. The molecule has 1 rings (SSSR count). The number of nitrogens with one attached hydrogen (secondary N) is 1. The number of carbonyl (C=O) groups excluding carboxylic acids is 1. The van der Waals surface area contributed by atoms with Crippen LogP contribution in [0.2, 0.25) is 0 Å². The van der Waals surface area contributed by atoms with Gasteiger partial charge in [-0.2, -0.15) is 21.6 Å². The lowest BCUT2D eigenvalue weighted by Gasteiger charge is -2.14. The molecular formula is C16H19F6N3O5S. The molecule has 0 saturated heterocycles. The van der Waals surface area contributed by atoms with Crippen molar-refractivity contribution >= 4 is 22.3 Å². The SMILES string of the molecule is CN(C)C=NS(=O)(=O)c1cc(CCNC(=O)C(F)(F)F)ccc1OCCOC(F)(F)F. The van der Waals surface area contributed by atoms with E-state index < -0.39 is 53.1 Å². The van der Waals surface area contributed by atoms with E-state index in [1.54, 1.807) is 5.32 Å². The van der Waals surface area contributed by atoms with E-state index in [0.29, 0.717) is 0 Å². The Balaban J connectivity index is 3.03. The molecule has 1 aromatic carbocycles. The number of nitrogens with zero attached hydrogens (tertiary/aromatic N) is 2. The highest BCUT2D eigenvalue weighted by molar-refractivity contribution is 7.90. The Hall–Kier alpha value is -2.55. The fourth-order valence-electron chi connectivity index (χ4n) is 1.97. The summed E-state index contributed by atoms with van der Waals surface area (Å²) in [4.78, 5) is 11.6. The molecule has 0 saturated carbocycles. The fourth-order valence-corrected chi connectivity index (χ4v) is 3.08. The van der Waals surface area contributed by atoms with Crippen LogP contribution >= 0.6 is 0 Å². The van der Waals surface area contributed by atoms with Gasteiger partial charge in [0, 0.05) is 20.6 Å². The van der Waals surface area contributed by atoms with Crippen molar-refractivity contribution in [3.63, 3.8) is 0 Å². The molecule has 0 radical (unpaired) electrons. The highest BCUT2D eigenvalue weighted by Gasteiger charge is 2.38. The second-order valence-corrected chi connectivity index (χ2v) is 7.69. The van der Waals surface area contributed by atoms with Crippen LogP contribution in [0.1, 0.15) is 5.56 Å². The molecule has 0 aromatic heterocycles. The molecule has 1 aromatic rings. The van der Waals surface area contributed by atoms with Crippen molar-refractivity contribution in [1.82, 2.24) is 10.2 Å². The quantitative estimate of drug-likeness (QED) is 0.239. The minimum absolute atomic E-state index is 0.167. The van der Waals surface area contributed by atoms with Crippen molar-refractivity contribution in [3.05, 3.63) is 23.8 Å². The first-order valence-electron chi connectivity index (χ1n) is 8.40. The third-order valence-electron chi connectivity index (χ3n) is 3.27. The Morgan fingerprint density at radius 3 is 2.35 bits per heavy atom. The smallest absolute Gasteiger partial charge is 0.490 e. The molecule has 31 heavy (non-hydrogen) atoms. The van der Waals surface area contributed by atoms with Gasteiger partial charge in [-0.15, -0.1) is 17.6 Å². The predicted molar refractivity (Wildman–Crippen MR) is 96.1 cm³/mol. The first-order valence-corrected chi connectivity index (χ1v) is 9.84.